The highest BCUT2D eigenvalue weighted by molar-refractivity contribution is 5.67. The van der Waals surface area contributed by atoms with Crippen LogP contribution < -0.4 is 11.2 Å². The average Bonchev–Trinajstić information content (AvgIpc) is 2.82. The molecule has 11 nitrogen and oxygen atoms in total. The molecule has 1 saturated heterocycles. The number of aromatic nitrogens is 2. The van der Waals surface area contributed by atoms with Crippen molar-refractivity contribution in [3.05, 3.63) is 33.1 Å². The van der Waals surface area contributed by atoms with Gasteiger partial charge in [0.15, 0.2) is 18.4 Å². The second kappa shape index (κ2) is 7.95. The molecule has 0 amide bonds. The summed E-state index contributed by atoms with van der Waals surface area (Å²) in [5.41, 5.74) is -1.43. The van der Waals surface area contributed by atoms with Crippen molar-refractivity contribution in [2.45, 2.75) is 45.3 Å². The van der Waals surface area contributed by atoms with Crippen LogP contribution in [0.3, 0.4) is 0 Å². The zero-order valence-corrected chi connectivity index (χ0v) is 14.3. The number of nitrogens with one attached hydrogen (secondary N) is 1. The predicted octanol–water partition coefficient (Wildman–Crippen LogP) is -1.14. The minimum Gasteiger partial charge on any atom is -0.463 e. The summed E-state index contributed by atoms with van der Waals surface area (Å²) < 4.78 is 21.9. The zero-order valence-electron chi connectivity index (χ0n) is 14.3. The second-order valence-electron chi connectivity index (χ2n) is 5.53. The smallest absolute Gasteiger partial charge is 0.330 e. The Bertz CT molecular complexity index is 812. The molecule has 4 atom stereocenters. The lowest BCUT2D eigenvalue weighted by atomic mass is 10.1. The molecule has 0 unspecified atom stereocenters. The Balaban J connectivity index is 2.41. The van der Waals surface area contributed by atoms with Crippen LogP contribution in [0.1, 0.15) is 27.0 Å². The van der Waals surface area contributed by atoms with Gasteiger partial charge in [-0.2, -0.15) is 0 Å². The van der Waals surface area contributed by atoms with E-state index in [4.69, 9.17) is 18.9 Å². The zero-order chi connectivity index (χ0) is 19.4. The van der Waals surface area contributed by atoms with E-state index in [2.05, 4.69) is 0 Å². The Kier molecular flexibility index (Phi) is 5.93. The highest BCUT2D eigenvalue weighted by Gasteiger charge is 2.50. The van der Waals surface area contributed by atoms with Crippen molar-refractivity contribution < 1.29 is 33.3 Å². The molecule has 2 rings (SSSR count). The van der Waals surface area contributed by atoms with Crippen molar-refractivity contribution in [2.75, 3.05) is 6.61 Å². The fraction of sp³-hybridized carbons (Fsp3) is 0.533. The Labute approximate surface area is 146 Å². The average molecular weight is 370 g/mol. The van der Waals surface area contributed by atoms with Crippen LogP contribution in [0.15, 0.2) is 21.9 Å². The van der Waals surface area contributed by atoms with Crippen LogP contribution in [0.25, 0.3) is 0 Å². The van der Waals surface area contributed by atoms with Crippen LogP contribution in [0.5, 0.6) is 0 Å². The Morgan fingerprint density at radius 1 is 1.08 bits per heavy atom. The molecular formula is C15H18N2O9. The van der Waals surface area contributed by atoms with Crippen molar-refractivity contribution in [3.8, 4) is 0 Å². The summed E-state index contributed by atoms with van der Waals surface area (Å²) in [7, 11) is 0. The molecule has 1 fully saturated rings. The fourth-order valence-corrected chi connectivity index (χ4v) is 2.54. The maximum atomic E-state index is 12.1. The standard InChI is InChI=1S/C15H18N2O9/c1-7(18)23-6-10-12(24-8(2)19)13(25-9(3)20)14(26-10)17-5-4-11(21)16-15(17)22/h4-5,10,12-14H,6H2,1-3H3,(H,16,21,22)/t10-,12-,13+,14-/m0/s1. The van der Waals surface area contributed by atoms with Crippen molar-refractivity contribution in [1.29, 1.82) is 0 Å². The van der Waals surface area contributed by atoms with Gasteiger partial charge < -0.3 is 18.9 Å². The third-order valence-electron chi connectivity index (χ3n) is 3.47. The largest absolute Gasteiger partial charge is 0.463 e. The van der Waals surface area contributed by atoms with E-state index in [0.717, 1.165) is 30.7 Å². The van der Waals surface area contributed by atoms with Crippen molar-refractivity contribution in [3.63, 3.8) is 0 Å². The van der Waals surface area contributed by atoms with Gasteiger partial charge in [0.2, 0.25) is 0 Å². The summed E-state index contributed by atoms with van der Waals surface area (Å²) in [6.45, 7) is 3.17. The molecule has 0 bridgehead atoms. The third kappa shape index (κ3) is 4.57. The van der Waals surface area contributed by atoms with E-state index in [1.807, 2.05) is 4.98 Å². The van der Waals surface area contributed by atoms with Gasteiger partial charge in [-0.25, -0.2) is 4.79 Å². The van der Waals surface area contributed by atoms with E-state index in [9.17, 15) is 24.0 Å². The predicted molar refractivity (Wildman–Crippen MR) is 83.0 cm³/mol. The third-order valence-corrected chi connectivity index (χ3v) is 3.47. The maximum absolute atomic E-state index is 12.1. The Hall–Kier alpha value is -2.95. The lowest BCUT2D eigenvalue weighted by Crippen LogP contribution is -2.42. The quantitative estimate of drug-likeness (QED) is 0.502. The topological polar surface area (TPSA) is 143 Å². The maximum Gasteiger partial charge on any atom is 0.330 e. The van der Waals surface area contributed by atoms with E-state index in [1.54, 1.807) is 0 Å². The monoisotopic (exact) mass is 370 g/mol. The molecule has 1 aromatic rings. The molecule has 1 N–H and O–H groups in total. The first kappa shape index (κ1) is 19.4. The lowest BCUT2D eigenvalue weighted by molar-refractivity contribution is -0.166. The summed E-state index contributed by atoms with van der Waals surface area (Å²) in [6, 6.07) is 1.08. The van der Waals surface area contributed by atoms with Gasteiger partial charge in [-0.05, 0) is 0 Å². The van der Waals surface area contributed by atoms with Crippen LogP contribution in [0, 0.1) is 0 Å². The molecular weight excluding hydrogens is 352 g/mol. The Morgan fingerprint density at radius 2 is 1.69 bits per heavy atom. The molecule has 26 heavy (non-hydrogen) atoms. The normalized spacial score (nSPS) is 24.7. The van der Waals surface area contributed by atoms with E-state index in [-0.39, 0.29) is 6.61 Å². The van der Waals surface area contributed by atoms with Gasteiger partial charge in [0.25, 0.3) is 5.56 Å². The van der Waals surface area contributed by atoms with Gasteiger partial charge >= 0.3 is 23.6 Å². The fourth-order valence-electron chi connectivity index (χ4n) is 2.54. The number of nitrogens with zero attached hydrogens (tertiary/aromatic N) is 1. The Morgan fingerprint density at radius 3 is 2.23 bits per heavy atom. The SMILES string of the molecule is CC(=O)OC[C@@H]1O[C@H](n2ccc(=O)[nH]c2=O)[C@H](OC(C)=O)[C@H]1OC(C)=O. The van der Waals surface area contributed by atoms with E-state index in [1.165, 1.54) is 6.92 Å². The summed E-state index contributed by atoms with van der Waals surface area (Å²) in [4.78, 5) is 59.3. The lowest BCUT2D eigenvalue weighted by Gasteiger charge is -2.23. The van der Waals surface area contributed by atoms with Crippen LogP contribution in [-0.4, -0.2) is 52.4 Å². The molecule has 1 aromatic heterocycles. The van der Waals surface area contributed by atoms with E-state index >= 15 is 0 Å². The molecule has 2 heterocycles. The number of aromatic amines is 1. The summed E-state index contributed by atoms with van der Waals surface area (Å²) >= 11 is 0. The molecule has 142 valence electrons. The molecule has 0 aromatic carbocycles. The number of H-pyrrole nitrogens is 1. The first-order valence-corrected chi connectivity index (χ1v) is 7.63. The van der Waals surface area contributed by atoms with Gasteiger partial charge in [0, 0.05) is 33.0 Å². The van der Waals surface area contributed by atoms with Crippen LogP contribution in [-0.2, 0) is 33.3 Å². The minimum atomic E-state index is -1.20. The second-order valence-corrected chi connectivity index (χ2v) is 5.53. The van der Waals surface area contributed by atoms with E-state index in [0.29, 0.717) is 0 Å². The van der Waals surface area contributed by atoms with Crippen molar-refractivity contribution >= 4 is 17.9 Å². The van der Waals surface area contributed by atoms with Gasteiger partial charge in [0.05, 0.1) is 0 Å². The van der Waals surface area contributed by atoms with Gasteiger partial charge in [-0.3, -0.25) is 28.7 Å². The highest BCUT2D eigenvalue weighted by Crippen LogP contribution is 2.33. The summed E-state index contributed by atoms with van der Waals surface area (Å²) in [5.74, 6) is -1.98. The van der Waals surface area contributed by atoms with Gasteiger partial charge in [-0.15, -0.1) is 0 Å². The number of carbonyl (C=O) groups is 3. The van der Waals surface area contributed by atoms with Crippen molar-refractivity contribution in [1.82, 2.24) is 9.55 Å². The number of hydrogen-bond donors (Lipinski definition) is 1. The molecule has 0 aliphatic carbocycles. The van der Waals surface area contributed by atoms with Crippen LogP contribution >= 0.6 is 0 Å². The summed E-state index contributed by atoms with van der Waals surface area (Å²) in [6.07, 6.45) is -3.36. The molecule has 0 spiro atoms. The van der Waals surface area contributed by atoms with Gasteiger partial charge in [0.1, 0.15) is 12.7 Å². The van der Waals surface area contributed by atoms with E-state index < -0.39 is 53.7 Å². The van der Waals surface area contributed by atoms with Crippen LogP contribution in [0.4, 0.5) is 0 Å². The number of carbonyl (C=O) groups excluding carboxylic acids is 3. The molecule has 0 radical (unpaired) electrons. The van der Waals surface area contributed by atoms with Crippen molar-refractivity contribution in [2.24, 2.45) is 0 Å². The molecule has 1 aliphatic heterocycles. The highest BCUT2D eigenvalue weighted by atomic mass is 16.7. The molecule has 0 saturated carbocycles. The minimum absolute atomic E-state index is 0.292. The van der Waals surface area contributed by atoms with Gasteiger partial charge in [-0.1, -0.05) is 0 Å². The first-order chi connectivity index (χ1) is 12.2. The molecule has 1 aliphatic rings. The molecule has 11 heteroatoms. The van der Waals surface area contributed by atoms with Crippen LogP contribution in [0.2, 0.25) is 0 Å². The number of hydrogen-bond acceptors (Lipinski definition) is 9. The summed E-state index contributed by atoms with van der Waals surface area (Å²) in [5, 5.41) is 0. The first-order valence-electron chi connectivity index (χ1n) is 7.63. The number of esters is 3. The number of rotatable bonds is 5. The number of ether oxygens (including phenoxy) is 4.